The number of hydrogen-bond donors (Lipinski definition) is 4. The molecule has 0 amide bonds. The minimum absolute atomic E-state index is 0.0154. The molecule has 2 saturated heterocycles. The Morgan fingerprint density at radius 3 is 2.35 bits per heavy atom. The second kappa shape index (κ2) is 17.2. The van der Waals surface area contributed by atoms with Gasteiger partial charge in [-0.05, 0) is 99.3 Å². The van der Waals surface area contributed by atoms with Crippen LogP contribution in [0.15, 0.2) is 76.9 Å². The van der Waals surface area contributed by atoms with Crippen molar-refractivity contribution in [1.82, 2.24) is 0 Å². The summed E-state index contributed by atoms with van der Waals surface area (Å²) in [6.45, 7) is 14.5. The van der Waals surface area contributed by atoms with Crippen LogP contribution in [-0.2, 0) is 36.8 Å². The van der Waals surface area contributed by atoms with E-state index in [-0.39, 0.29) is 53.4 Å². The largest absolute Gasteiger partial charge is 0.482 e. The molecule has 3 aliphatic carbocycles. The zero-order valence-corrected chi connectivity index (χ0v) is 38.9. The second-order valence-electron chi connectivity index (χ2n) is 19.4. The molecule has 7 aliphatic rings. The maximum Gasteiger partial charge on any atom is 0.333 e. The number of fused-ring (bicyclic) bond motifs is 2. The van der Waals surface area contributed by atoms with Crippen molar-refractivity contribution in [3.05, 3.63) is 104 Å². The molecule has 0 radical (unpaired) electrons. The third-order valence-electron chi connectivity index (χ3n) is 13.8. The number of aliphatic hydroxyl groups is 4. The number of halogens is 1. The molecule has 14 heteroatoms. The smallest absolute Gasteiger partial charge is 0.333 e. The van der Waals surface area contributed by atoms with Crippen molar-refractivity contribution in [2.24, 2.45) is 11.8 Å². The van der Waals surface area contributed by atoms with Gasteiger partial charge in [-0.3, -0.25) is 9.59 Å². The Bertz CT molecular complexity index is 2450. The Morgan fingerprint density at radius 1 is 0.938 bits per heavy atom. The van der Waals surface area contributed by atoms with Gasteiger partial charge in [0, 0.05) is 45.6 Å². The lowest BCUT2D eigenvalue weighted by molar-refractivity contribution is -0.277. The van der Waals surface area contributed by atoms with Crippen LogP contribution in [0.2, 0.25) is 5.02 Å². The molecule has 9 rings (SSSR count). The van der Waals surface area contributed by atoms with E-state index in [1.165, 1.54) is 0 Å². The second-order valence-corrected chi connectivity index (χ2v) is 19.8. The average molecular weight is 915 g/mol. The minimum Gasteiger partial charge on any atom is -0.482 e. The van der Waals surface area contributed by atoms with Gasteiger partial charge in [-0.25, -0.2) is 4.79 Å². The van der Waals surface area contributed by atoms with Crippen LogP contribution in [0.4, 0.5) is 0 Å². The summed E-state index contributed by atoms with van der Waals surface area (Å²) in [7, 11) is 0. The third-order valence-corrected chi connectivity index (χ3v) is 14.2. The third kappa shape index (κ3) is 7.80. The molecule has 4 N–H and O–H groups in total. The molecule has 4 bridgehead atoms. The highest BCUT2D eigenvalue weighted by atomic mass is 35.5. The van der Waals surface area contributed by atoms with Crippen molar-refractivity contribution >= 4 is 35.2 Å². The first-order chi connectivity index (χ1) is 30.7. The average Bonchev–Trinajstić information content (AvgIpc) is 3.41. The number of Topliss-reactive ketones (excluding diaryl/α,β-unsaturated/α-hetero) is 2. The Kier molecular flexibility index (Phi) is 12.4. The predicted molar refractivity (Wildman–Crippen MR) is 241 cm³/mol. The van der Waals surface area contributed by atoms with Gasteiger partial charge in [0.05, 0.1) is 17.8 Å². The number of benzene rings is 2. The van der Waals surface area contributed by atoms with Gasteiger partial charge < -0.3 is 48.8 Å². The predicted octanol–water partition coefficient (Wildman–Crippen LogP) is 7.02. The fourth-order valence-electron chi connectivity index (χ4n) is 10.4. The monoisotopic (exact) mass is 914 g/mol. The number of ketones is 2. The van der Waals surface area contributed by atoms with Gasteiger partial charge >= 0.3 is 5.97 Å². The first kappa shape index (κ1) is 46.9. The standard InChI is InChI=1S/C51H59ClO13/c1-26(2)12-11-19-49(8)20-18-32-42(63-49)31(16-15-27(3)4)44-37(43(32)62-47-41(57)40(56)39(55)35(24-53)61-47)38(54)33-22-30-23-36-48(6,7)65-50(45(30)58,51(33,36)64-44)21-17-28(5)46(59)60-25-29-13-9-10-14-34(29)52/h9-10,12-15,17-18,20,22,30,35-36,39-41,47,53,55-57H,11,16,19,21,23-25H2,1-8H3/b28-17-/t30?,35-,36?,39-,40+,41-,47+,49?,50?,51?/m1/s1. The minimum atomic E-state index is -1.81. The quantitative estimate of drug-likeness (QED) is 0.0913. The van der Waals surface area contributed by atoms with E-state index in [1.54, 1.807) is 43.3 Å². The first-order valence-electron chi connectivity index (χ1n) is 22.3. The van der Waals surface area contributed by atoms with Gasteiger partial charge in [0.2, 0.25) is 6.29 Å². The van der Waals surface area contributed by atoms with Crippen molar-refractivity contribution < 1.29 is 63.2 Å². The van der Waals surface area contributed by atoms with Gasteiger partial charge in [-0.15, -0.1) is 0 Å². The summed E-state index contributed by atoms with van der Waals surface area (Å²) < 4.78 is 39.5. The van der Waals surface area contributed by atoms with Gasteiger partial charge in [-0.1, -0.05) is 65.3 Å². The number of carbonyl (C=O) groups is 3. The van der Waals surface area contributed by atoms with Crippen LogP contribution >= 0.6 is 11.6 Å². The lowest BCUT2D eigenvalue weighted by Gasteiger charge is -2.56. The number of ether oxygens (including phenoxy) is 6. The fraction of sp³-hybridized carbons (Fsp3) is 0.510. The van der Waals surface area contributed by atoms with E-state index in [4.69, 9.17) is 40.0 Å². The summed E-state index contributed by atoms with van der Waals surface area (Å²) in [5.41, 5.74) is -1.27. The van der Waals surface area contributed by atoms with Gasteiger partial charge in [0.25, 0.3) is 0 Å². The zero-order valence-electron chi connectivity index (χ0n) is 38.1. The van der Waals surface area contributed by atoms with Crippen LogP contribution in [0.5, 0.6) is 17.2 Å². The molecule has 1 spiro atoms. The van der Waals surface area contributed by atoms with E-state index in [0.29, 0.717) is 46.7 Å². The van der Waals surface area contributed by atoms with Crippen molar-refractivity contribution in [1.29, 1.82) is 0 Å². The molecule has 348 valence electrons. The highest BCUT2D eigenvalue weighted by Crippen LogP contribution is 2.69. The van der Waals surface area contributed by atoms with E-state index in [2.05, 4.69) is 6.08 Å². The van der Waals surface area contributed by atoms with Gasteiger partial charge in [0.1, 0.15) is 59.4 Å². The van der Waals surface area contributed by atoms with Crippen LogP contribution in [0, 0.1) is 11.8 Å². The number of esters is 1. The number of carbonyl (C=O) groups excluding carboxylic acids is 3. The molecule has 4 aliphatic heterocycles. The molecule has 3 fully saturated rings. The molecule has 1 saturated carbocycles. The maximum atomic E-state index is 15.8. The van der Waals surface area contributed by atoms with Crippen LogP contribution in [-0.4, -0.2) is 97.7 Å². The topological polar surface area (TPSA) is 188 Å². The van der Waals surface area contributed by atoms with E-state index in [1.807, 2.05) is 66.7 Å². The Morgan fingerprint density at radius 2 is 1.66 bits per heavy atom. The molecule has 4 heterocycles. The molecular weight excluding hydrogens is 856 g/mol. The molecule has 10 atom stereocenters. The van der Waals surface area contributed by atoms with Crippen LogP contribution in [0.25, 0.3) is 6.08 Å². The van der Waals surface area contributed by atoms with E-state index in [9.17, 15) is 30.0 Å². The lowest BCUT2D eigenvalue weighted by Crippen LogP contribution is -2.72. The summed E-state index contributed by atoms with van der Waals surface area (Å²) in [6.07, 6.45) is 4.63. The highest BCUT2D eigenvalue weighted by Gasteiger charge is 2.81. The maximum absolute atomic E-state index is 15.8. The molecular formula is C51H59ClO13. The molecule has 2 aromatic rings. The fourth-order valence-corrected chi connectivity index (χ4v) is 10.6. The Hall–Kier alpha value is -4.60. The lowest BCUT2D eigenvalue weighted by atomic mass is 9.51. The number of rotatable bonds is 13. The van der Waals surface area contributed by atoms with Crippen LogP contribution < -0.4 is 14.2 Å². The summed E-state index contributed by atoms with van der Waals surface area (Å²) in [5.74, 6) is -2.29. The highest BCUT2D eigenvalue weighted by molar-refractivity contribution is 6.31. The van der Waals surface area contributed by atoms with Crippen molar-refractivity contribution in [3.63, 3.8) is 0 Å². The zero-order chi connectivity index (χ0) is 47.0. The molecule has 0 aromatic heterocycles. The summed E-state index contributed by atoms with van der Waals surface area (Å²) in [6, 6.07) is 7.04. The summed E-state index contributed by atoms with van der Waals surface area (Å²) in [5, 5.41) is 43.3. The number of aliphatic hydroxyl groups excluding tert-OH is 4. The van der Waals surface area contributed by atoms with E-state index < -0.39 is 83.3 Å². The normalized spacial score (nSPS) is 32.6. The van der Waals surface area contributed by atoms with E-state index in [0.717, 1.165) is 11.1 Å². The van der Waals surface area contributed by atoms with Crippen molar-refractivity contribution in [3.8, 4) is 17.2 Å². The van der Waals surface area contributed by atoms with Gasteiger partial charge in [0.15, 0.2) is 22.8 Å². The Labute approximate surface area is 384 Å². The van der Waals surface area contributed by atoms with Gasteiger partial charge in [-0.2, -0.15) is 0 Å². The molecule has 5 unspecified atom stereocenters. The summed E-state index contributed by atoms with van der Waals surface area (Å²) >= 11 is 6.32. The number of allylic oxidation sites excluding steroid dienone is 5. The number of hydrogen-bond acceptors (Lipinski definition) is 13. The van der Waals surface area contributed by atoms with Crippen LogP contribution in [0.1, 0.15) is 108 Å². The van der Waals surface area contributed by atoms with Crippen molar-refractivity contribution in [2.75, 3.05) is 6.61 Å². The first-order valence-corrected chi connectivity index (χ1v) is 22.7. The molecule has 2 aromatic carbocycles. The van der Waals surface area contributed by atoms with Crippen molar-refractivity contribution in [2.45, 2.75) is 147 Å². The molecule has 13 nitrogen and oxygen atoms in total. The SMILES string of the molecule is CC(C)=CCCC1(C)C=Cc2c(c(CC=C(C)C)c3c(c2O[C@@H]2O[C@H](CO)[C@@H](O)[C@H](O)[C@H]2O)C(=O)C2=CC4CC5C(C)(C)OC(C/C=C(/C)C(=O)OCc6ccccc6Cl)(C4=O)C25O3)O1. The van der Waals surface area contributed by atoms with Crippen LogP contribution in [0.3, 0.4) is 0 Å². The molecule has 65 heavy (non-hydrogen) atoms. The Balaban J connectivity index is 1.30. The van der Waals surface area contributed by atoms with E-state index >= 15 is 4.79 Å². The summed E-state index contributed by atoms with van der Waals surface area (Å²) in [4.78, 5) is 44.2.